The lowest BCUT2D eigenvalue weighted by atomic mass is 9.47. The molecule has 8 atom stereocenters. The predicted molar refractivity (Wildman–Crippen MR) is 133 cm³/mol. The standard InChI is InChI=1S/C29H40N2O3/c1-19(17-30-27(33)34-18-20-7-5-4-6-8-20)22-10-11-23-21-9-12-25-29(3,16-14-26(32)31-25)24(21)13-15-28(22,23)2/h4-8,14,16,19,21-25H,9-13,15,17-18H2,1-3H3,(H,30,33)(H,31,32)/t19?,21-,22+,23-,24-,25+,28+,29+/m0/s1. The Morgan fingerprint density at radius 3 is 2.71 bits per heavy atom. The fraction of sp³-hybridized carbons (Fsp3) is 0.655. The molecule has 1 aromatic carbocycles. The maximum Gasteiger partial charge on any atom is 0.407 e. The first-order valence-corrected chi connectivity index (χ1v) is 13.3. The quantitative estimate of drug-likeness (QED) is 0.608. The minimum Gasteiger partial charge on any atom is -0.445 e. The van der Waals surface area contributed by atoms with E-state index in [0.717, 1.165) is 23.8 Å². The maximum atomic E-state index is 12.3. The van der Waals surface area contributed by atoms with Crippen molar-refractivity contribution < 1.29 is 14.3 Å². The number of rotatable bonds is 5. The Kier molecular flexibility index (Phi) is 6.24. The molecule has 5 nitrogen and oxygen atoms in total. The van der Waals surface area contributed by atoms with Gasteiger partial charge in [-0.3, -0.25) is 4.79 Å². The highest BCUT2D eigenvalue weighted by Gasteiger charge is 2.60. The van der Waals surface area contributed by atoms with Crippen LogP contribution in [0.25, 0.3) is 0 Å². The number of amides is 2. The molecule has 3 saturated carbocycles. The SMILES string of the molecule is CC(CNC(=O)OCc1ccccc1)[C@H]1CC[C@H]2[C@@H]3CC[C@H]4NC(=O)C=C[C@]4(C)[C@H]3CC[C@]12C. The molecule has 1 heterocycles. The summed E-state index contributed by atoms with van der Waals surface area (Å²) in [5.41, 5.74) is 1.43. The molecule has 5 heteroatoms. The molecule has 184 valence electrons. The van der Waals surface area contributed by atoms with Crippen molar-refractivity contribution in [1.82, 2.24) is 10.6 Å². The van der Waals surface area contributed by atoms with Crippen LogP contribution in [0.2, 0.25) is 0 Å². The molecule has 1 unspecified atom stereocenters. The van der Waals surface area contributed by atoms with Crippen molar-refractivity contribution in [3.63, 3.8) is 0 Å². The molecule has 0 radical (unpaired) electrons. The van der Waals surface area contributed by atoms with Crippen LogP contribution >= 0.6 is 0 Å². The molecule has 0 spiro atoms. The van der Waals surface area contributed by atoms with Crippen molar-refractivity contribution in [2.45, 2.75) is 71.9 Å². The van der Waals surface area contributed by atoms with Gasteiger partial charge in [-0.05, 0) is 85.2 Å². The molecular weight excluding hydrogens is 424 g/mol. The number of nitrogens with one attached hydrogen (secondary N) is 2. The van der Waals surface area contributed by atoms with Crippen molar-refractivity contribution in [3.05, 3.63) is 48.0 Å². The largest absolute Gasteiger partial charge is 0.445 e. The molecule has 2 amide bonds. The molecule has 1 aromatic rings. The van der Waals surface area contributed by atoms with E-state index in [1.54, 1.807) is 6.08 Å². The van der Waals surface area contributed by atoms with Crippen LogP contribution in [0.15, 0.2) is 42.5 Å². The van der Waals surface area contributed by atoms with Crippen LogP contribution in [0.4, 0.5) is 4.79 Å². The van der Waals surface area contributed by atoms with E-state index < -0.39 is 0 Å². The number of fused-ring (bicyclic) bond motifs is 5. The summed E-state index contributed by atoms with van der Waals surface area (Å²) < 4.78 is 5.43. The Morgan fingerprint density at radius 1 is 1.12 bits per heavy atom. The number of hydrogen-bond donors (Lipinski definition) is 2. The minimum atomic E-state index is -0.323. The van der Waals surface area contributed by atoms with Crippen molar-refractivity contribution in [2.75, 3.05) is 6.54 Å². The van der Waals surface area contributed by atoms with E-state index in [9.17, 15) is 9.59 Å². The minimum absolute atomic E-state index is 0.0751. The maximum absolute atomic E-state index is 12.3. The van der Waals surface area contributed by atoms with Gasteiger partial charge < -0.3 is 15.4 Å². The van der Waals surface area contributed by atoms with Gasteiger partial charge in [-0.15, -0.1) is 0 Å². The highest BCUT2D eigenvalue weighted by Crippen LogP contribution is 2.66. The van der Waals surface area contributed by atoms with Gasteiger partial charge in [0.1, 0.15) is 6.61 Å². The van der Waals surface area contributed by atoms with Gasteiger partial charge in [0.15, 0.2) is 0 Å². The van der Waals surface area contributed by atoms with Gasteiger partial charge in [0.2, 0.25) is 5.91 Å². The van der Waals surface area contributed by atoms with E-state index in [-0.39, 0.29) is 23.5 Å². The topological polar surface area (TPSA) is 67.4 Å². The molecule has 34 heavy (non-hydrogen) atoms. The van der Waals surface area contributed by atoms with Gasteiger partial charge in [-0.2, -0.15) is 0 Å². The van der Waals surface area contributed by atoms with Crippen molar-refractivity contribution in [1.29, 1.82) is 0 Å². The van der Waals surface area contributed by atoms with E-state index in [1.165, 1.54) is 32.1 Å². The van der Waals surface area contributed by atoms with E-state index >= 15 is 0 Å². The number of benzene rings is 1. The third-order valence-corrected chi connectivity index (χ3v) is 10.2. The molecule has 0 saturated heterocycles. The Morgan fingerprint density at radius 2 is 1.91 bits per heavy atom. The zero-order valence-corrected chi connectivity index (χ0v) is 20.9. The van der Waals surface area contributed by atoms with E-state index in [4.69, 9.17) is 4.74 Å². The number of carbonyl (C=O) groups excluding carboxylic acids is 2. The van der Waals surface area contributed by atoms with Crippen LogP contribution in [-0.4, -0.2) is 24.6 Å². The van der Waals surface area contributed by atoms with E-state index in [1.807, 2.05) is 30.3 Å². The molecule has 1 aliphatic heterocycles. The molecule has 0 aromatic heterocycles. The Hall–Kier alpha value is -2.30. The fourth-order valence-corrected chi connectivity index (χ4v) is 8.47. The van der Waals surface area contributed by atoms with Crippen LogP contribution in [-0.2, 0) is 16.1 Å². The summed E-state index contributed by atoms with van der Waals surface area (Å²) in [6.07, 6.45) is 11.0. The van der Waals surface area contributed by atoms with Gasteiger partial charge >= 0.3 is 6.09 Å². The lowest BCUT2D eigenvalue weighted by Gasteiger charge is -2.59. The third kappa shape index (κ3) is 4.05. The summed E-state index contributed by atoms with van der Waals surface area (Å²) in [6.45, 7) is 8.19. The fourth-order valence-electron chi connectivity index (χ4n) is 8.47. The second-order valence-corrected chi connectivity index (χ2v) is 11.9. The lowest BCUT2D eigenvalue weighted by molar-refractivity contribution is -0.122. The van der Waals surface area contributed by atoms with Crippen molar-refractivity contribution in [2.24, 2.45) is 40.4 Å². The van der Waals surface area contributed by atoms with Crippen LogP contribution in [0, 0.1) is 40.4 Å². The first kappa shape index (κ1) is 23.4. The number of carbonyl (C=O) groups is 2. The molecule has 2 N–H and O–H groups in total. The van der Waals surface area contributed by atoms with E-state index in [2.05, 4.69) is 37.5 Å². The monoisotopic (exact) mass is 464 g/mol. The Labute approximate surface area is 204 Å². The van der Waals surface area contributed by atoms with Crippen LogP contribution in [0.1, 0.15) is 64.9 Å². The molecule has 0 bridgehead atoms. The molecule has 3 aliphatic carbocycles. The van der Waals surface area contributed by atoms with E-state index in [0.29, 0.717) is 36.3 Å². The van der Waals surface area contributed by atoms with Gasteiger partial charge in [0, 0.05) is 18.0 Å². The zero-order chi connectivity index (χ0) is 23.9. The average molecular weight is 465 g/mol. The summed E-state index contributed by atoms with van der Waals surface area (Å²) in [4.78, 5) is 24.3. The van der Waals surface area contributed by atoms with Gasteiger partial charge in [0.05, 0.1) is 0 Å². The summed E-state index contributed by atoms with van der Waals surface area (Å²) >= 11 is 0. The molecule has 3 fully saturated rings. The number of alkyl carbamates (subject to hydrolysis) is 1. The zero-order valence-electron chi connectivity index (χ0n) is 20.9. The van der Waals surface area contributed by atoms with Crippen LogP contribution in [0.3, 0.4) is 0 Å². The summed E-state index contributed by atoms with van der Waals surface area (Å²) in [6, 6.07) is 10.1. The summed E-state index contributed by atoms with van der Waals surface area (Å²) in [5.74, 6) is 3.26. The van der Waals surface area contributed by atoms with Crippen molar-refractivity contribution >= 4 is 12.0 Å². The second-order valence-electron chi connectivity index (χ2n) is 11.9. The summed E-state index contributed by atoms with van der Waals surface area (Å²) in [5, 5.41) is 6.29. The highest BCUT2D eigenvalue weighted by molar-refractivity contribution is 5.89. The average Bonchev–Trinajstić information content (AvgIpc) is 3.19. The third-order valence-electron chi connectivity index (χ3n) is 10.2. The van der Waals surface area contributed by atoms with Crippen LogP contribution in [0.5, 0.6) is 0 Å². The smallest absolute Gasteiger partial charge is 0.407 e. The number of hydrogen-bond acceptors (Lipinski definition) is 3. The van der Waals surface area contributed by atoms with Gasteiger partial charge in [0.25, 0.3) is 0 Å². The summed E-state index contributed by atoms with van der Waals surface area (Å²) in [7, 11) is 0. The molecular formula is C29H40N2O3. The number of ether oxygens (including phenoxy) is 1. The molecule has 4 aliphatic rings. The predicted octanol–water partition coefficient (Wildman–Crippen LogP) is 5.46. The second kappa shape index (κ2) is 9.05. The lowest BCUT2D eigenvalue weighted by Crippen LogP contribution is -2.59. The van der Waals surface area contributed by atoms with Gasteiger partial charge in [-0.25, -0.2) is 4.79 Å². The highest BCUT2D eigenvalue weighted by atomic mass is 16.5. The Bertz CT molecular complexity index is 946. The Balaban J connectivity index is 1.20. The van der Waals surface area contributed by atoms with Gasteiger partial charge in [-0.1, -0.05) is 57.2 Å². The normalized spacial score (nSPS) is 39.3. The van der Waals surface area contributed by atoms with Crippen LogP contribution < -0.4 is 10.6 Å². The molecule has 5 rings (SSSR count). The van der Waals surface area contributed by atoms with Crippen molar-refractivity contribution in [3.8, 4) is 0 Å². The first-order valence-electron chi connectivity index (χ1n) is 13.3. The first-order chi connectivity index (χ1) is 16.3.